The van der Waals surface area contributed by atoms with E-state index in [0.717, 1.165) is 62.3 Å². The number of nitrogens with zero attached hydrogens (tertiary/aromatic N) is 2. The largest absolute Gasteiger partial charge is 0.396 e. The predicted octanol–water partition coefficient (Wildman–Crippen LogP) is 3.56. The SMILES string of the molecule is O=C(Nc1nc2c(s1)CC1(CCOCC1)CC2)N1CC(CO)c2ccccc21. The van der Waals surface area contributed by atoms with E-state index in [1.54, 1.807) is 16.2 Å². The van der Waals surface area contributed by atoms with Crippen LogP contribution in [0.5, 0.6) is 0 Å². The van der Waals surface area contributed by atoms with E-state index in [1.807, 2.05) is 24.3 Å². The molecule has 6 nitrogen and oxygen atoms in total. The highest BCUT2D eigenvalue weighted by molar-refractivity contribution is 7.15. The van der Waals surface area contributed by atoms with E-state index < -0.39 is 0 Å². The van der Waals surface area contributed by atoms with Crippen LogP contribution in [-0.2, 0) is 17.6 Å². The van der Waals surface area contributed by atoms with Gasteiger partial charge < -0.3 is 9.84 Å². The van der Waals surface area contributed by atoms with Crippen LogP contribution in [0.1, 0.15) is 41.3 Å². The minimum absolute atomic E-state index is 0.0279. The number of nitrogens with one attached hydrogen (secondary N) is 1. The van der Waals surface area contributed by atoms with Crippen LogP contribution in [-0.4, -0.2) is 42.5 Å². The highest BCUT2D eigenvalue weighted by Gasteiger charge is 2.38. The number of amides is 2. The number of para-hydroxylation sites is 1. The van der Waals surface area contributed by atoms with Gasteiger partial charge in [0.2, 0.25) is 0 Å². The van der Waals surface area contributed by atoms with Crippen molar-refractivity contribution >= 4 is 28.2 Å². The Labute approximate surface area is 168 Å². The molecule has 1 aliphatic carbocycles. The Balaban J connectivity index is 1.32. The number of rotatable bonds is 2. The number of hydrogen-bond donors (Lipinski definition) is 2. The summed E-state index contributed by atoms with van der Waals surface area (Å²) in [6, 6.07) is 7.62. The molecular formula is C21H25N3O3S. The van der Waals surface area contributed by atoms with Gasteiger partial charge in [0, 0.05) is 36.2 Å². The van der Waals surface area contributed by atoms with Gasteiger partial charge in [-0.2, -0.15) is 0 Å². The number of aliphatic hydroxyl groups excluding tert-OH is 1. The van der Waals surface area contributed by atoms with Gasteiger partial charge in [-0.3, -0.25) is 10.2 Å². The second-order valence-corrected chi connectivity index (χ2v) is 9.24. The molecule has 148 valence electrons. The van der Waals surface area contributed by atoms with Crippen molar-refractivity contribution in [3.63, 3.8) is 0 Å². The van der Waals surface area contributed by atoms with Crippen LogP contribution in [0.2, 0.25) is 0 Å². The number of carbonyl (C=O) groups is 1. The monoisotopic (exact) mass is 399 g/mol. The molecule has 0 saturated carbocycles. The van der Waals surface area contributed by atoms with Crippen LogP contribution >= 0.6 is 11.3 Å². The molecule has 2 N–H and O–H groups in total. The smallest absolute Gasteiger partial charge is 0.328 e. The lowest BCUT2D eigenvalue weighted by atomic mass is 9.70. The van der Waals surface area contributed by atoms with Crippen molar-refractivity contribution in [1.82, 2.24) is 4.98 Å². The maximum Gasteiger partial charge on any atom is 0.328 e. The third-order valence-electron chi connectivity index (χ3n) is 6.51. The lowest BCUT2D eigenvalue weighted by Gasteiger charge is -2.39. The topological polar surface area (TPSA) is 74.7 Å². The molecule has 1 saturated heterocycles. The number of ether oxygens (including phenoxy) is 1. The third kappa shape index (κ3) is 3.11. The number of aryl methyl sites for hydroxylation is 1. The van der Waals surface area contributed by atoms with E-state index in [1.165, 1.54) is 4.88 Å². The maximum absolute atomic E-state index is 12.9. The van der Waals surface area contributed by atoms with E-state index in [0.29, 0.717) is 17.1 Å². The van der Waals surface area contributed by atoms with Crippen molar-refractivity contribution in [2.75, 3.05) is 36.6 Å². The number of aromatic nitrogens is 1. The molecule has 2 aromatic rings. The average Bonchev–Trinajstić information content (AvgIpc) is 3.28. The van der Waals surface area contributed by atoms with Crippen molar-refractivity contribution in [1.29, 1.82) is 0 Å². The van der Waals surface area contributed by atoms with Gasteiger partial charge >= 0.3 is 6.03 Å². The first kappa shape index (κ1) is 18.1. The molecule has 28 heavy (non-hydrogen) atoms. The van der Waals surface area contributed by atoms with Gasteiger partial charge in [0.1, 0.15) is 0 Å². The summed E-state index contributed by atoms with van der Waals surface area (Å²) in [4.78, 5) is 20.7. The molecule has 7 heteroatoms. The van der Waals surface area contributed by atoms with Gasteiger partial charge in [-0.05, 0) is 49.1 Å². The Morgan fingerprint density at radius 3 is 2.96 bits per heavy atom. The van der Waals surface area contributed by atoms with E-state index in [-0.39, 0.29) is 18.6 Å². The summed E-state index contributed by atoms with van der Waals surface area (Å²) < 4.78 is 5.55. The highest BCUT2D eigenvalue weighted by atomic mass is 32.1. The lowest BCUT2D eigenvalue weighted by molar-refractivity contribution is 0.00784. The molecule has 2 aliphatic heterocycles. The number of fused-ring (bicyclic) bond motifs is 2. The maximum atomic E-state index is 12.9. The first-order chi connectivity index (χ1) is 13.7. The summed E-state index contributed by atoms with van der Waals surface area (Å²) in [5.41, 5.74) is 3.41. The lowest BCUT2D eigenvalue weighted by Crippen LogP contribution is -2.34. The Kier molecular flexibility index (Phi) is 4.61. The molecule has 0 radical (unpaired) electrons. The van der Waals surface area contributed by atoms with Gasteiger partial charge in [-0.25, -0.2) is 9.78 Å². The van der Waals surface area contributed by atoms with Crippen molar-refractivity contribution in [3.8, 4) is 0 Å². The Morgan fingerprint density at radius 2 is 2.14 bits per heavy atom. The van der Waals surface area contributed by atoms with Gasteiger partial charge in [0.05, 0.1) is 12.3 Å². The van der Waals surface area contributed by atoms with E-state index in [9.17, 15) is 9.90 Å². The Morgan fingerprint density at radius 1 is 1.32 bits per heavy atom. The summed E-state index contributed by atoms with van der Waals surface area (Å²) in [5.74, 6) is -0.0279. The van der Waals surface area contributed by atoms with Crippen molar-refractivity contribution in [2.45, 2.75) is 38.0 Å². The van der Waals surface area contributed by atoms with Gasteiger partial charge in [-0.15, -0.1) is 11.3 Å². The fourth-order valence-electron chi connectivity index (χ4n) is 4.82. The zero-order chi connectivity index (χ0) is 19.1. The van der Waals surface area contributed by atoms with Crippen LogP contribution in [0.4, 0.5) is 15.6 Å². The van der Waals surface area contributed by atoms with Crippen LogP contribution in [0, 0.1) is 5.41 Å². The molecule has 3 aliphatic rings. The summed E-state index contributed by atoms with van der Waals surface area (Å²) in [6.07, 6.45) is 5.45. The Bertz CT molecular complexity index is 891. The minimum atomic E-state index is -0.171. The second kappa shape index (κ2) is 7.13. The van der Waals surface area contributed by atoms with Gasteiger partial charge in [-0.1, -0.05) is 18.2 Å². The number of anilines is 2. The number of thiazole rings is 1. The van der Waals surface area contributed by atoms with Crippen LogP contribution in [0.25, 0.3) is 0 Å². The fourth-order valence-corrected chi connectivity index (χ4v) is 5.99. The van der Waals surface area contributed by atoms with E-state index >= 15 is 0 Å². The number of benzene rings is 1. The molecule has 2 amide bonds. The first-order valence-electron chi connectivity index (χ1n) is 10.0. The number of urea groups is 1. The molecule has 1 fully saturated rings. The summed E-state index contributed by atoms with van der Waals surface area (Å²) in [6.45, 7) is 2.25. The quantitative estimate of drug-likeness (QED) is 0.810. The normalized spacial score (nSPS) is 22.8. The average molecular weight is 400 g/mol. The van der Waals surface area contributed by atoms with Crippen LogP contribution in [0.15, 0.2) is 24.3 Å². The summed E-state index contributed by atoms with van der Waals surface area (Å²) >= 11 is 1.62. The minimum Gasteiger partial charge on any atom is -0.396 e. The molecule has 1 atom stereocenters. The van der Waals surface area contributed by atoms with E-state index in [2.05, 4.69) is 5.32 Å². The van der Waals surface area contributed by atoms with Gasteiger partial charge in [0.15, 0.2) is 5.13 Å². The first-order valence-corrected chi connectivity index (χ1v) is 10.8. The Hall–Kier alpha value is -1.96. The molecule has 0 bridgehead atoms. The zero-order valence-electron chi connectivity index (χ0n) is 15.8. The molecule has 1 aromatic carbocycles. The molecular weight excluding hydrogens is 374 g/mol. The zero-order valence-corrected chi connectivity index (χ0v) is 16.6. The number of aliphatic hydroxyl groups is 1. The predicted molar refractivity (Wildman–Crippen MR) is 109 cm³/mol. The number of carbonyl (C=O) groups excluding carboxylic acids is 1. The molecule has 3 heterocycles. The fraction of sp³-hybridized carbons (Fsp3) is 0.524. The third-order valence-corrected chi connectivity index (χ3v) is 7.52. The molecule has 1 aromatic heterocycles. The molecule has 5 rings (SSSR count). The van der Waals surface area contributed by atoms with Crippen LogP contribution in [0.3, 0.4) is 0 Å². The van der Waals surface area contributed by atoms with Crippen molar-refractivity contribution in [2.24, 2.45) is 5.41 Å². The van der Waals surface area contributed by atoms with Crippen molar-refractivity contribution in [3.05, 3.63) is 40.4 Å². The second-order valence-electron chi connectivity index (χ2n) is 8.16. The van der Waals surface area contributed by atoms with Crippen LogP contribution < -0.4 is 10.2 Å². The van der Waals surface area contributed by atoms with Crippen molar-refractivity contribution < 1.29 is 14.6 Å². The molecule has 1 spiro atoms. The number of hydrogen-bond acceptors (Lipinski definition) is 5. The summed E-state index contributed by atoms with van der Waals surface area (Å²) in [7, 11) is 0. The van der Waals surface area contributed by atoms with E-state index in [4.69, 9.17) is 9.72 Å². The summed E-state index contributed by atoms with van der Waals surface area (Å²) in [5, 5.41) is 13.3. The highest BCUT2D eigenvalue weighted by Crippen LogP contribution is 2.45. The van der Waals surface area contributed by atoms with Gasteiger partial charge in [0.25, 0.3) is 0 Å². The molecule has 1 unspecified atom stereocenters. The standard InChI is InChI=1S/C21H25N3O3S/c25-13-14-12-24(17-4-2-1-3-15(14)17)20(26)23-19-22-16-5-6-21(11-18(16)28-19)7-9-27-10-8-21/h1-4,14,25H,5-13H2,(H,22,23,26).